The van der Waals surface area contributed by atoms with E-state index in [9.17, 15) is 4.79 Å². The van der Waals surface area contributed by atoms with Gasteiger partial charge in [0.1, 0.15) is 12.0 Å². The molecule has 1 aromatic rings. The lowest BCUT2D eigenvalue weighted by atomic mass is 10.1. The topological polar surface area (TPSA) is 26.3 Å². The van der Waals surface area contributed by atoms with E-state index < -0.39 is 0 Å². The highest BCUT2D eigenvalue weighted by molar-refractivity contribution is 9.09. The van der Waals surface area contributed by atoms with Crippen LogP contribution in [0, 0.1) is 0 Å². The maximum Gasteiger partial charge on any atom is 0.138 e. The minimum Gasteiger partial charge on any atom is -0.493 e. The summed E-state index contributed by atoms with van der Waals surface area (Å²) in [4.78, 5) is 10.4. The van der Waals surface area contributed by atoms with E-state index in [2.05, 4.69) is 22.5 Å². The Labute approximate surface area is 98.1 Å². The molecule has 0 bridgehead atoms. The highest BCUT2D eigenvalue weighted by atomic mass is 79.9. The van der Waals surface area contributed by atoms with Crippen molar-refractivity contribution in [3.8, 4) is 5.75 Å². The van der Waals surface area contributed by atoms with E-state index in [1.807, 2.05) is 24.3 Å². The van der Waals surface area contributed by atoms with Crippen LogP contribution in [0.15, 0.2) is 36.9 Å². The van der Waals surface area contributed by atoms with Crippen LogP contribution in [0.1, 0.15) is 16.8 Å². The summed E-state index contributed by atoms with van der Waals surface area (Å²) >= 11 is 3.28. The Kier molecular flexibility index (Phi) is 5.12. The van der Waals surface area contributed by atoms with Crippen LogP contribution in [0.5, 0.6) is 5.75 Å². The minimum absolute atomic E-state index is 0.308. The molecule has 0 heterocycles. The summed E-state index contributed by atoms with van der Waals surface area (Å²) in [5, 5.41) is 0. The number of halogens is 1. The smallest absolute Gasteiger partial charge is 0.138 e. The van der Waals surface area contributed by atoms with Gasteiger partial charge in [-0.2, -0.15) is 0 Å². The number of rotatable bonds is 6. The lowest BCUT2D eigenvalue weighted by Gasteiger charge is -2.11. The van der Waals surface area contributed by atoms with Crippen LogP contribution in [0.4, 0.5) is 0 Å². The van der Waals surface area contributed by atoms with Crippen molar-refractivity contribution in [1.82, 2.24) is 0 Å². The molecular formula is C12H13BrO2. The molecule has 0 spiro atoms. The van der Waals surface area contributed by atoms with Gasteiger partial charge in [0.2, 0.25) is 0 Å². The predicted octanol–water partition coefficient (Wildman–Crippen LogP) is 3.28. The molecule has 0 saturated heterocycles. The average molecular weight is 269 g/mol. The van der Waals surface area contributed by atoms with E-state index >= 15 is 0 Å². The van der Waals surface area contributed by atoms with E-state index in [4.69, 9.17) is 4.74 Å². The third-order valence-electron chi connectivity index (χ3n) is 1.92. The second kappa shape index (κ2) is 6.40. The summed E-state index contributed by atoms with van der Waals surface area (Å²) in [5.74, 6) is 0.744. The van der Waals surface area contributed by atoms with Crippen molar-refractivity contribution in [2.45, 2.75) is 11.2 Å². The molecule has 1 atom stereocenters. The molecule has 15 heavy (non-hydrogen) atoms. The van der Waals surface area contributed by atoms with Gasteiger partial charge in [-0.05, 0) is 12.5 Å². The van der Waals surface area contributed by atoms with Crippen molar-refractivity contribution < 1.29 is 9.53 Å². The van der Waals surface area contributed by atoms with Crippen molar-refractivity contribution in [2.75, 3.05) is 6.61 Å². The molecule has 1 unspecified atom stereocenters. The number of hydrogen-bond donors (Lipinski definition) is 0. The fraction of sp³-hybridized carbons (Fsp3) is 0.250. The van der Waals surface area contributed by atoms with Crippen LogP contribution in [0.2, 0.25) is 0 Å². The first-order valence-corrected chi connectivity index (χ1v) is 5.63. The molecule has 0 aliphatic heterocycles. The van der Waals surface area contributed by atoms with E-state index in [0.29, 0.717) is 6.61 Å². The van der Waals surface area contributed by atoms with Crippen molar-refractivity contribution in [3.63, 3.8) is 0 Å². The van der Waals surface area contributed by atoms with Crippen LogP contribution in [-0.2, 0) is 4.79 Å². The Morgan fingerprint density at radius 3 is 2.87 bits per heavy atom. The van der Waals surface area contributed by atoms with Gasteiger partial charge in [-0.25, -0.2) is 0 Å². The van der Waals surface area contributed by atoms with Gasteiger partial charge in [-0.1, -0.05) is 40.2 Å². The molecule has 0 aliphatic rings. The van der Waals surface area contributed by atoms with E-state index in [1.54, 1.807) is 6.08 Å². The molecule has 3 heteroatoms. The van der Waals surface area contributed by atoms with Crippen LogP contribution in [0.3, 0.4) is 0 Å². The van der Waals surface area contributed by atoms with Gasteiger partial charge in [-0.3, -0.25) is 0 Å². The molecule has 0 fully saturated rings. The second-order valence-corrected chi connectivity index (χ2v) is 3.99. The van der Waals surface area contributed by atoms with Gasteiger partial charge >= 0.3 is 0 Å². The number of ether oxygens (including phenoxy) is 1. The first-order chi connectivity index (χ1) is 7.29. The molecule has 1 rings (SSSR count). The zero-order chi connectivity index (χ0) is 11.1. The minimum atomic E-state index is -0.308. The van der Waals surface area contributed by atoms with Crippen molar-refractivity contribution in [2.24, 2.45) is 0 Å². The summed E-state index contributed by atoms with van der Waals surface area (Å²) in [7, 11) is 0. The van der Waals surface area contributed by atoms with E-state index in [1.165, 1.54) is 0 Å². The number of hydrogen-bond acceptors (Lipinski definition) is 2. The van der Waals surface area contributed by atoms with Crippen LogP contribution >= 0.6 is 15.9 Å². The number of carbonyl (C=O) groups is 1. The molecule has 0 radical (unpaired) electrons. The van der Waals surface area contributed by atoms with Gasteiger partial charge in [0.15, 0.2) is 0 Å². The molecule has 0 saturated carbocycles. The number of benzene rings is 1. The fourth-order valence-electron chi connectivity index (χ4n) is 1.17. The molecule has 2 nitrogen and oxygen atoms in total. The largest absolute Gasteiger partial charge is 0.493 e. The zero-order valence-electron chi connectivity index (χ0n) is 8.36. The highest BCUT2D eigenvalue weighted by Crippen LogP contribution is 2.29. The summed E-state index contributed by atoms with van der Waals surface area (Å²) in [6.45, 7) is 4.20. The Morgan fingerprint density at radius 1 is 1.47 bits per heavy atom. The lowest BCUT2D eigenvalue weighted by molar-refractivity contribution is -0.107. The number of carbonyl (C=O) groups excluding carboxylic acids is 1. The molecule has 80 valence electrons. The van der Waals surface area contributed by atoms with Crippen LogP contribution < -0.4 is 4.74 Å². The Bertz CT molecular complexity index is 336. The number of para-hydroxylation sites is 1. The Hall–Kier alpha value is -1.09. The number of alkyl halides is 1. The molecule has 1 aromatic carbocycles. The summed E-state index contributed by atoms with van der Waals surface area (Å²) in [6.07, 6.45) is 3.44. The average Bonchev–Trinajstić information content (AvgIpc) is 2.29. The van der Waals surface area contributed by atoms with Crippen molar-refractivity contribution in [3.05, 3.63) is 42.5 Å². The van der Waals surface area contributed by atoms with Crippen LogP contribution in [-0.4, -0.2) is 12.9 Å². The normalized spacial score (nSPS) is 11.8. The Balaban J connectivity index is 2.76. The first kappa shape index (κ1) is 12.0. The zero-order valence-corrected chi connectivity index (χ0v) is 9.94. The third kappa shape index (κ3) is 3.51. The van der Waals surface area contributed by atoms with Gasteiger partial charge in [0.05, 0.1) is 11.4 Å². The maximum absolute atomic E-state index is 10.7. The van der Waals surface area contributed by atoms with Gasteiger partial charge < -0.3 is 9.53 Å². The third-order valence-corrected chi connectivity index (χ3v) is 2.62. The van der Waals surface area contributed by atoms with Gasteiger partial charge in [-0.15, -0.1) is 6.58 Å². The van der Waals surface area contributed by atoms with Gasteiger partial charge in [0.25, 0.3) is 0 Å². The summed E-state index contributed by atoms with van der Waals surface area (Å²) in [5.41, 5.74) is 0.858. The maximum atomic E-state index is 10.7. The standard InChI is InChI=1S/C12H13BrO2/c1-2-3-8-15-12-7-5-4-6-10(12)11(13)9-14/h2,4-7,9,11H,1,3,8H2. The molecule has 0 aromatic heterocycles. The summed E-state index contributed by atoms with van der Waals surface area (Å²) < 4.78 is 5.54. The highest BCUT2D eigenvalue weighted by Gasteiger charge is 2.11. The van der Waals surface area contributed by atoms with E-state index in [0.717, 1.165) is 24.0 Å². The predicted molar refractivity (Wildman–Crippen MR) is 64.5 cm³/mol. The van der Waals surface area contributed by atoms with Crippen LogP contribution in [0.25, 0.3) is 0 Å². The Morgan fingerprint density at radius 2 is 2.20 bits per heavy atom. The second-order valence-electron chi connectivity index (χ2n) is 3.00. The molecular weight excluding hydrogens is 256 g/mol. The molecule has 0 amide bonds. The summed E-state index contributed by atoms with van der Waals surface area (Å²) in [6, 6.07) is 7.50. The first-order valence-electron chi connectivity index (χ1n) is 4.71. The van der Waals surface area contributed by atoms with E-state index in [-0.39, 0.29) is 4.83 Å². The van der Waals surface area contributed by atoms with Gasteiger partial charge in [0, 0.05) is 5.56 Å². The molecule has 0 N–H and O–H groups in total. The SMILES string of the molecule is C=CCCOc1ccccc1C(Br)C=O. The fourth-order valence-corrected chi connectivity index (χ4v) is 1.54. The number of aldehydes is 1. The van der Waals surface area contributed by atoms with Crippen molar-refractivity contribution >= 4 is 22.2 Å². The quantitative estimate of drug-likeness (QED) is 0.343. The lowest BCUT2D eigenvalue weighted by Crippen LogP contribution is -2.00. The monoisotopic (exact) mass is 268 g/mol. The van der Waals surface area contributed by atoms with Crippen molar-refractivity contribution in [1.29, 1.82) is 0 Å². The molecule has 0 aliphatic carbocycles.